The van der Waals surface area contributed by atoms with Crippen LogP contribution in [-0.2, 0) is 0 Å². The molecule has 0 aromatic carbocycles. The highest BCUT2D eigenvalue weighted by molar-refractivity contribution is 4.83. The van der Waals surface area contributed by atoms with E-state index < -0.39 is 0 Å². The highest BCUT2D eigenvalue weighted by Gasteiger charge is 2.29. The van der Waals surface area contributed by atoms with Crippen LogP contribution in [0.3, 0.4) is 0 Å². The van der Waals surface area contributed by atoms with Crippen molar-refractivity contribution in [1.82, 2.24) is 4.90 Å². The molecule has 0 radical (unpaired) electrons. The first-order valence-electron chi connectivity index (χ1n) is 6.68. The van der Waals surface area contributed by atoms with Crippen LogP contribution < -0.4 is 0 Å². The van der Waals surface area contributed by atoms with Gasteiger partial charge < -0.3 is 10.0 Å². The van der Waals surface area contributed by atoms with Gasteiger partial charge in [0.05, 0.1) is 6.10 Å². The van der Waals surface area contributed by atoms with Gasteiger partial charge in [0.1, 0.15) is 0 Å². The maximum Gasteiger partial charge on any atom is 0.0543 e. The molecule has 2 unspecified atom stereocenters. The lowest BCUT2D eigenvalue weighted by molar-refractivity contribution is 0.0404. The summed E-state index contributed by atoms with van der Waals surface area (Å²) < 4.78 is 0. The summed E-state index contributed by atoms with van der Waals surface area (Å²) in [6, 6.07) is 0. The van der Waals surface area contributed by atoms with Crippen molar-refractivity contribution < 1.29 is 5.11 Å². The average molecular weight is 211 g/mol. The molecule has 0 bridgehead atoms. The van der Waals surface area contributed by atoms with Crippen LogP contribution in [0.4, 0.5) is 0 Å². The predicted octanol–water partition coefficient (Wildman–Crippen LogP) is 2.27. The Kier molecular flexibility index (Phi) is 4.04. The van der Waals surface area contributed by atoms with Crippen molar-refractivity contribution in [1.29, 1.82) is 0 Å². The Morgan fingerprint density at radius 3 is 2.67 bits per heavy atom. The predicted molar refractivity (Wildman–Crippen MR) is 62.8 cm³/mol. The smallest absolute Gasteiger partial charge is 0.0543 e. The third kappa shape index (κ3) is 3.18. The standard InChI is InChI=1S/C13H25NO/c1-2-4-12-9-14(10-12)8-11-5-3-6-13(15)7-11/h11-13,15H,2-10H2,1H3. The van der Waals surface area contributed by atoms with E-state index in [0.717, 1.165) is 24.7 Å². The summed E-state index contributed by atoms with van der Waals surface area (Å²) in [7, 11) is 0. The molecule has 2 rings (SSSR count). The summed E-state index contributed by atoms with van der Waals surface area (Å²) in [5.74, 6) is 1.75. The molecule has 2 fully saturated rings. The maximum atomic E-state index is 9.60. The van der Waals surface area contributed by atoms with Crippen LogP contribution in [0.5, 0.6) is 0 Å². The van der Waals surface area contributed by atoms with E-state index in [2.05, 4.69) is 11.8 Å². The second-order valence-corrected chi connectivity index (χ2v) is 5.56. The molecule has 88 valence electrons. The molecule has 1 N–H and O–H groups in total. The number of aliphatic hydroxyl groups excluding tert-OH is 1. The summed E-state index contributed by atoms with van der Waals surface area (Å²) in [4.78, 5) is 2.59. The zero-order valence-corrected chi connectivity index (χ0v) is 9.99. The van der Waals surface area contributed by atoms with Crippen LogP contribution >= 0.6 is 0 Å². The van der Waals surface area contributed by atoms with Crippen LogP contribution in [0.2, 0.25) is 0 Å². The van der Waals surface area contributed by atoms with Crippen LogP contribution in [0, 0.1) is 11.8 Å². The number of hydrogen-bond donors (Lipinski definition) is 1. The Morgan fingerprint density at radius 1 is 1.20 bits per heavy atom. The molecule has 15 heavy (non-hydrogen) atoms. The summed E-state index contributed by atoms with van der Waals surface area (Å²) in [6.07, 6.45) is 7.40. The number of hydrogen-bond acceptors (Lipinski definition) is 2. The lowest BCUT2D eigenvalue weighted by Crippen LogP contribution is -2.49. The summed E-state index contributed by atoms with van der Waals surface area (Å²) in [5, 5.41) is 9.60. The first-order valence-corrected chi connectivity index (χ1v) is 6.68. The zero-order chi connectivity index (χ0) is 10.7. The van der Waals surface area contributed by atoms with Crippen molar-refractivity contribution in [3.05, 3.63) is 0 Å². The van der Waals surface area contributed by atoms with Gasteiger partial charge >= 0.3 is 0 Å². The van der Waals surface area contributed by atoms with Crippen molar-refractivity contribution >= 4 is 0 Å². The largest absolute Gasteiger partial charge is 0.393 e. The van der Waals surface area contributed by atoms with Crippen molar-refractivity contribution in [2.24, 2.45) is 11.8 Å². The van der Waals surface area contributed by atoms with E-state index in [1.54, 1.807) is 0 Å². The van der Waals surface area contributed by atoms with E-state index in [-0.39, 0.29) is 6.10 Å². The topological polar surface area (TPSA) is 23.5 Å². The Hall–Kier alpha value is -0.0800. The Balaban J connectivity index is 1.62. The molecule has 1 saturated heterocycles. The van der Waals surface area contributed by atoms with Gasteiger partial charge in [-0.2, -0.15) is 0 Å². The fourth-order valence-electron chi connectivity index (χ4n) is 3.21. The second kappa shape index (κ2) is 5.31. The zero-order valence-electron chi connectivity index (χ0n) is 9.99. The third-order valence-electron chi connectivity index (χ3n) is 4.00. The molecular formula is C13H25NO. The molecule has 2 heteroatoms. The van der Waals surface area contributed by atoms with Crippen LogP contribution in [0.25, 0.3) is 0 Å². The van der Waals surface area contributed by atoms with Crippen LogP contribution in [0.1, 0.15) is 45.4 Å². The molecule has 0 aromatic heterocycles. The van der Waals surface area contributed by atoms with Crippen LogP contribution in [0.15, 0.2) is 0 Å². The van der Waals surface area contributed by atoms with Gasteiger partial charge in [-0.05, 0) is 37.5 Å². The minimum absolute atomic E-state index is 0.00327. The van der Waals surface area contributed by atoms with E-state index in [1.165, 1.54) is 45.3 Å². The molecule has 2 atom stereocenters. The molecule has 1 saturated carbocycles. The van der Waals surface area contributed by atoms with E-state index >= 15 is 0 Å². The van der Waals surface area contributed by atoms with Gasteiger partial charge in [0.15, 0.2) is 0 Å². The average Bonchev–Trinajstić information content (AvgIpc) is 2.15. The van der Waals surface area contributed by atoms with Crippen molar-refractivity contribution in [3.8, 4) is 0 Å². The number of rotatable bonds is 4. The molecule has 2 aliphatic rings. The molecular weight excluding hydrogens is 186 g/mol. The fraction of sp³-hybridized carbons (Fsp3) is 1.00. The Morgan fingerprint density at radius 2 is 2.00 bits per heavy atom. The van der Waals surface area contributed by atoms with Gasteiger partial charge in [-0.25, -0.2) is 0 Å². The van der Waals surface area contributed by atoms with Crippen molar-refractivity contribution in [2.45, 2.75) is 51.6 Å². The SMILES string of the molecule is CCCC1CN(CC2CCCC(O)C2)C1. The first-order chi connectivity index (χ1) is 7.28. The highest BCUT2D eigenvalue weighted by Crippen LogP contribution is 2.28. The monoisotopic (exact) mass is 211 g/mol. The molecule has 0 spiro atoms. The van der Waals surface area contributed by atoms with E-state index in [4.69, 9.17) is 0 Å². The molecule has 0 amide bonds. The minimum atomic E-state index is -0.00327. The van der Waals surface area contributed by atoms with Gasteiger partial charge in [0.25, 0.3) is 0 Å². The first kappa shape index (κ1) is 11.4. The van der Waals surface area contributed by atoms with Gasteiger partial charge in [0.2, 0.25) is 0 Å². The number of aliphatic hydroxyl groups is 1. The quantitative estimate of drug-likeness (QED) is 0.771. The third-order valence-corrected chi connectivity index (χ3v) is 4.00. The summed E-state index contributed by atoms with van der Waals surface area (Å²) >= 11 is 0. The van der Waals surface area contributed by atoms with E-state index in [1.807, 2.05) is 0 Å². The lowest BCUT2D eigenvalue weighted by Gasteiger charge is -2.42. The summed E-state index contributed by atoms with van der Waals surface area (Å²) in [5.41, 5.74) is 0. The van der Waals surface area contributed by atoms with Gasteiger partial charge in [-0.3, -0.25) is 0 Å². The van der Waals surface area contributed by atoms with Gasteiger partial charge in [-0.1, -0.05) is 19.8 Å². The van der Waals surface area contributed by atoms with Crippen LogP contribution in [-0.4, -0.2) is 35.7 Å². The molecule has 2 nitrogen and oxygen atoms in total. The van der Waals surface area contributed by atoms with E-state index in [9.17, 15) is 5.11 Å². The van der Waals surface area contributed by atoms with Gasteiger partial charge in [-0.15, -0.1) is 0 Å². The van der Waals surface area contributed by atoms with Crippen molar-refractivity contribution in [3.63, 3.8) is 0 Å². The number of likely N-dealkylation sites (tertiary alicyclic amines) is 1. The highest BCUT2D eigenvalue weighted by atomic mass is 16.3. The molecule has 1 heterocycles. The minimum Gasteiger partial charge on any atom is -0.393 e. The normalized spacial score (nSPS) is 34.0. The lowest BCUT2D eigenvalue weighted by atomic mass is 9.85. The molecule has 0 aromatic rings. The summed E-state index contributed by atoms with van der Waals surface area (Å²) in [6.45, 7) is 6.16. The molecule has 1 aliphatic heterocycles. The molecule has 1 aliphatic carbocycles. The fourth-order valence-corrected chi connectivity index (χ4v) is 3.21. The Bertz CT molecular complexity index is 189. The van der Waals surface area contributed by atoms with E-state index in [0.29, 0.717) is 0 Å². The Labute approximate surface area is 93.7 Å². The van der Waals surface area contributed by atoms with Gasteiger partial charge in [0, 0.05) is 19.6 Å². The second-order valence-electron chi connectivity index (χ2n) is 5.56. The number of nitrogens with zero attached hydrogens (tertiary/aromatic N) is 1. The maximum absolute atomic E-state index is 9.60. The van der Waals surface area contributed by atoms with Crippen molar-refractivity contribution in [2.75, 3.05) is 19.6 Å².